The van der Waals surface area contributed by atoms with E-state index in [1.54, 1.807) is 11.1 Å². The molecule has 1 aliphatic heterocycles. The number of nitrogen functional groups attached to an aromatic ring is 1. The molecule has 0 aliphatic carbocycles. The molecule has 1 amide bonds. The molecule has 1 atom stereocenters. The second kappa shape index (κ2) is 5.31. The van der Waals surface area contributed by atoms with E-state index in [1.807, 2.05) is 19.1 Å². The number of fused-ring (bicyclic) bond motifs is 1. The number of aromatic nitrogens is 1. The van der Waals surface area contributed by atoms with Gasteiger partial charge in [-0.25, -0.2) is 4.98 Å². The predicted molar refractivity (Wildman–Crippen MR) is 80.0 cm³/mol. The Morgan fingerprint density at radius 1 is 1.67 bits per heavy atom. The number of carbonyl (C=O) groups excluding carboxylic acids is 1. The second-order valence-corrected chi connectivity index (χ2v) is 5.89. The Labute approximate surface area is 125 Å². The van der Waals surface area contributed by atoms with Crippen LogP contribution in [0.15, 0.2) is 12.3 Å². The van der Waals surface area contributed by atoms with Gasteiger partial charge in [-0.15, -0.1) is 11.3 Å². The van der Waals surface area contributed by atoms with Crippen LogP contribution in [0.25, 0.3) is 10.2 Å². The SMILES string of the molecule is Cc1ccnc2sc(C(=O)N3CCOC(C#N)C3)c(N)c12. The van der Waals surface area contributed by atoms with E-state index in [0.717, 1.165) is 15.8 Å². The number of ether oxygens (including phenoxy) is 1. The van der Waals surface area contributed by atoms with Gasteiger partial charge in [-0.3, -0.25) is 4.79 Å². The van der Waals surface area contributed by atoms with Crippen LogP contribution in [0, 0.1) is 18.3 Å². The topological polar surface area (TPSA) is 92.2 Å². The number of nitrogens with two attached hydrogens (primary N) is 1. The zero-order valence-corrected chi connectivity index (χ0v) is 12.3. The molecule has 1 unspecified atom stereocenters. The average molecular weight is 302 g/mol. The third kappa shape index (κ3) is 2.33. The first kappa shape index (κ1) is 13.8. The van der Waals surface area contributed by atoms with Gasteiger partial charge in [-0.2, -0.15) is 5.26 Å². The van der Waals surface area contributed by atoms with Gasteiger partial charge in [0.2, 0.25) is 0 Å². The smallest absolute Gasteiger partial charge is 0.266 e. The number of thiophene rings is 1. The Kier molecular flexibility index (Phi) is 3.49. The summed E-state index contributed by atoms with van der Waals surface area (Å²) in [4.78, 5) is 19.8. The zero-order valence-electron chi connectivity index (χ0n) is 11.5. The van der Waals surface area contributed by atoms with Crippen molar-refractivity contribution in [3.05, 3.63) is 22.7 Å². The van der Waals surface area contributed by atoms with Crippen molar-refractivity contribution in [3.63, 3.8) is 0 Å². The Morgan fingerprint density at radius 3 is 3.19 bits per heavy atom. The van der Waals surface area contributed by atoms with Gasteiger partial charge in [0.05, 0.1) is 24.9 Å². The van der Waals surface area contributed by atoms with Gasteiger partial charge >= 0.3 is 0 Å². The van der Waals surface area contributed by atoms with Crippen LogP contribution in [-0.2, 0) is 4.74 Å². The summed E-state index contributed by atoms with van der Waals surface area (Å²) in [7, 11) is 0. The van der Waals surface area contributed by atoms with E-state index in [4.69, 9.17) is 15.7 Å². The lowest BCUT2D eigenvalue weighted by Crippen LogP contribution is -2.45. The molecule has 0 radical (unpaired) electrons. The monoisotopic (exact) mass is 302 g/mol. The molecule has 0 bridgehead atoms. The van der Waals surface area contributed by atoms with Gasteiger partial charge < -0.3 is 15.4 Å². The van der Waals surface area contributed by atoms with E-state index < -0.39 is 6.10 Å². The number of hydrogen-bond acceptors (Lipinski definition) is 6. The number of nitriles is 1. The lowest BCUT2D eigenvalue weighted by atomic mass is 10.1. The van der Waals surface area contributed by atoms with Crippen LogP contribution in [0.4, 0.5) is 5.69 Å². The maximum atomic E-state index is 12.6. The van der Waals surface area contributed by atoms with Crippen molar-refractivity contribution in [2.24, 2.45) is 0 Å². The van der Waals surface area contributed by atoms with E-state index in [-0.39, 0.29) is 12.5 Å². The van der Waals surface area contributed by atoms with Crippen molar-refractivity contribution >= 4 is 33.1 Å². The summed E-state index contributed by atoms with van der Waals surface area (Å²) in [6.45, 7) is 3.06. The number of amides is 1. The van der Waals surface area contributed by atoms with Crippen molar-refractivity contribution in [2.45, 2.75) is 13.0 Å². The molecule has 21 heavy (non-hydrogen) atoms. The number of rotatable bonds is 1. The Hall–Kier alpha value is -2.17. The third-order valence-electron chi connectivity index (χ3n) is 3.53. The number of morpholine rings is 1. The molecule has 1 saturated heterocycles. The standard InChI is InChI=1S/C14H14N4O2S/c1-8-2-3-17-13-10(8)11(16)12(21-13)14(19)18-4-5-20-9(6-15)7-18/h2-3,9H,4-5,7,16H2,1H3. The fourth-order valence-electron chi connectivity index (χ4n) is 2.42. The summed E-state index contributed by atoms with van der Waals surface area (Å²) >= 11 is 1.30. The first-order valence-electron chi connectivity index (χ1n) is 6.56. The summed E-state index contributed by atoms with van der Waals surface area (Å²) in [6.07, 6.45) is 1.14. The Balaban J connectivity index is 1.97. The van der Waals surface area contributed by atoms with E-state index in [2.05, 4.69) is 4.98 Å². The van der Waals surface area contributed by atoms with Crippen LogP contribution >= 0.6 is 11.3 Å². The summed E-state index contributed by atoms with van der Waals surface area (Å²) in [5.41, 5.74) is 7.62. The number of carbonyl (C=O) groups is 1. The van der Waals surface area contributed by atoms with Crippen LogP contribution in [-0.4, -0.2) is 41.6 Å². The molecule has 0 aromatic carbocycles. The molecule has 1 fully saturated rings. The number of hydrogen-bond donors (Lipinski definition) is 1. The molecule has 2 aromatic rings. The average Bonchev–Trinajstić information content (AvgIpc) is 2.85. The van der Waals surface area contributed by atoms with Crippen LogP contribution in [0.1, 0.15) is 15.2 Å². The van der Waals surface area contributed by atoms with Gasteiger partial charge in [0.1, 0.15) is 9.71 Å². The van der Waals surface area contributed by atoms with Crippen LogP contribution < -0.4 is 5.73 Å². The molecule has 2 N–H and O–H groups in total. The van der Waals surface area contributed by atoms with Gasteiger partial charge in [0, 0.05) is 18.1 Å². The van der Waals surface area contributed by atoms with E-state index >= 15 is 0 Å². The molecule has 3 rings (SSSR count). The van der Waals surface area contributed by atoms with Crippen molar-refractivity contribution in [1.29, 1.82) is 5.26 Å². The Bertz CT molecular complexity index is 749. The van der Waals surface area contributed by atoms with Gasteiger partial charge in [-0.05, 0) is 18.6 Å². The Morgan fingerprint density at radius 2 is 2.48 bits per heavy atom. The van der Waals surface area contributed by atoms with Gasteiger partial charge in [-0.1, -0.05) is 0 Å². The maximum absolute atomic E-state index is 12.6. The minimum atomic E-state index is -0.571. The molecular weight excluding hydrogens is 288 g/mol. The van der Waals surface area contributed by atoms with Crippen molar-refractivity contribution in [1.82, 2.24) is 9.88 Å². The van der Waals surface area contributed by atoms with Crippen molar-refractivity contribution in [3.8, 4) is 6.07 Å². The summed E-state index contributed by atoms with van der Waals surface area (Å²) in [5.74, 6) is -0.154. The zero-order chi connectivity index (χ0) is 15.0. The highest BCUT2D eigenvalue weighted by atomic mass is 32.1. The molecule has 0 saturated carbocycles. The largest absolute Gasteiger partial charge is 0.397 e. The molecule has 108 valence electrons. The second-order valence-electron chi connectivity index (χ2n) is 4.89. The summed E-state index contributed by atoms with van der Waals surface area (Å²) in [6, 6.07) is 3.91. The fraction of sp³-hybridized carbons (Fsp3) is 0.357. The fourth-order valence-corrected chi connectivity index (χ4v) is 3.53. The highest BCUT2D eigenvalue weighted by Gasteiger charge is 2.28. The summed E-state index contributed by atoms with van der Waals surface area (Å²) in [5, 5.41) is 9.76. The highest BCUT2D eigenvalue weighted by molar-refractivity contribution is 7.21. The number of pyridine rings is 1. The highest BCUT2D eigenvalue weighted by Crippen LogP contribution is 2.35. The molecule has 6 nitrogen and oxygen atoms in total. The first-order valence-corrected chi connectivity index (χ1v) is 7.37. The van der Waals surface area contributed by atoms with Gasteiger partial charge in [0.15, 0.2) is 6.10 Å². The minimum Gasteiger partial charge on any atom is -0.397 e. The lowest BCUT2D eigenvalue weighted by molar-refractivity contribution is 0.00374. The number of nitrogens with zero attached hydrogens (tertiary/aromatic N) is 3. The number of aryl methyl sites for hydroxylation is 1. The van der Waals surface area contributed by atoms with Crippen LogP contribution in [0.3, 0.4) is 0 Å². The molecule has 0 spiro atoms. The predicted octanol–water partition coefficient (Wildman–Crippen LogP) is 1.55. The quantitative estimate of drug-likeness (QED) is 0.863. The van der Waals surface area contributed by atoms with E-state index in [0.29, 0.717) is 23.7 Å². The van der Waals surface area contributed by atoms with Gasteiger partial charge in [0.25, 0.3) is 5.91 Å². The molecule has 2 aromatic heterocycles. The molecular formula is C14H14N4O2S. The first-order chi connectivity index (χ1) is 10.1. The van der Waals surface area contributed by atoms with E-state index in [9.17, 15) is 4.79 Å². The molecule has 1 aliphatic rings. The molecule has 3 heterocycles. The maximum Gasteiger partial charge on any atom is 0.266 e. The summed E-state index contributed by atoms with van der Waals surface area (Å²) < 4.78 is 5.26. The lowest BCUT2D eigenvalue weighted by Gasteiger charge is -2.29. The normalized spacial score (nSPS) is 18.7. The van der Waals surface area contributed by atoms with Crippen molar-refractivity contribution < 1.29 is 9.53 Å². The van der Waals surface area contributed by atoms with Crippen LogP contribution in [0.2, 0.25) is 0 Å². The minimum absolute atomic E-state index is 0.154. The molecule has 7 heteroatoms. The van der Waals surface area contributed by atoms with E-state index in [1.165, 1.54) is 11.3 Å². The number of anilines is 1. The van der Waals surface area contributed by atoms with Crippen LogP contribution in [0.5, 0.6) is 0 Å². The third-order valence-corrected chi connectivity index (χ3v) is 4.63. The van der Waals surface area contributed by atoms with Crippen molar-refractivity contribution in [2.75, 3.05) is 25.4 Å².